The second kappa shape index (κ2) is 6.21. The maximum Gasteiger partial charge on any atom is 0.419 e. The van der Waals surface area contributed by atoms with E-state index >= 15 is 0 Å². The third-order valence-corrected chi connectivity index (χ3v) is 4.27. The van der Waals surface area contributed by atoms with Crippen molar-refractivity contribution in [2.24, 2.45) is 0 Å². The molecule has 1 aliphatic rings. The Bertz CT molecular complexity index is 896. The number of nitrogens with zero attached hydrogens (tertiary/aromatic N) is 4. The van der Waals surface area contributed by atoms with Gasteiger partial charge < -0.3 is 9.15 Å². The van der Waals surface area contributed by atoms with Crippen LogP contribution in [0.2, 0.25) is 0 Å². The number of oxazole rings is 1. The minimum Gasteiger partial charge on any atom is -0.408 e. The van der Waals surface area contributed by atoms with E-state index in [2.05, 4.69) is 20.1 Å². The van der Waals surface area contributed by atoms with Gasteiger partial charge in [-0.1, -0.05) is 12.1 Å². The van der Waals surface area contributed by atoms with Gasteiger partial charge in [-0.15, -0.1) is 0 Å². The number of nitrogens with one attached hydrogen (secondary N) is 1. The van der Waals surface area contributed by atoms with Crippen LogP contribution in [0.25, 0.3) is 11.1 Å². The lowest BCUT2D eigenvalue weighted by Crippen LogP contribution is -2.40. The molecule has 1 N–H and O–H groups in total. The summed E-state index contributed by atoms with van der Waals surface area (Å²) in [5.74, 6) is 1.15. The third-order valence-electron chi connectivity index (χ3n) is 4.27. The molecule has 0 radical (unpaired) electrons. The molecular formula is C16H19N5O3. The van der Waals surface area contributed by atoms with Crippen LogP contribution in [0.4, 0.5) is 0 Å². The normalized spacial score (nSPS) is 19.1. The van der Waals surface area contributed by atoms with Gasteiger partial charge in [0.25, 0.3) is 0 Å². The maximum absolute atomic E-state index is 12.0. The first kappa shape index (κ1) is 15.1. The number of aryl methyl sites for hydroxylation is 1. The molecule has 8 nitrogen and oxygen atoms in total. The highest BCUT2D eigenvalue weighted by atomic mass is 16.5. The lowest BCUT2D eigenvalue weighted by molar-refractivity contribution is -0.0350. The smallest absolute Gasteiger partial charge is 0.408 e. The summed E-state index contributed by atoms with van der Waals surface area (Å²) in [5.41, 5.74) is 1.45. The van der Waals surface area contributed by atoms with E-state index in [1.54, 1.807) is 4.57 Å². The molecule has 1 fully saturated rings. The zero-order chi connectivity index (χ0) is 16.5. The van der Waals surface area contributed by atoms with Gasteiger partial charge in [-0.25, -0.2) is 9.78 Å². The number of hydrogen-bond donors (Lipinski definition) is 1. The summed E-state index contributed by atoms with van der Waals surface area (Å²) < 4.78 is 12.7. The zero-order valence-electron chi connectivity index (χ0n) is 13.4. The molecule has 2 aromatic heterocycles. The van der Waals surface area contributed by atoms with Crippen LogP contribution in [0.15, 0.2) is 33.5 Å². The van der Waals surface area contributed by atoms with Gasteiger partial charge in [0, 0.05) is 26.2 Å². The van der Waals surface area contributed by atoms with Crippen LogP contribution < -0.4 is 5.76 Å². The lowest BCUT2D eigenvalue weighted by Gasteiger charge is -2.31. The molecule has 1 saturated heterocycles. The standard InChI is InChI=1S/C16H19N5O3/c1-11-17-15(19-18-11)14-10-20(8-9-23-14)6-7-21-12-4-2-3-5-13(12)24-16(21)22/h2-5,14H,6-10H2,1H3,(H,17,18,19)/t14-/m1/s1. The Morgan fingerprint density at radius 2 is 2.21 bits per heavy atom. The summed E-state index contributed by atoms with van der Waals surface area (Å²) >= 11 is 0. The average Bonchev–Trinajstić information content (AvgIpc) is 3.16. The average molecular weight is 329 g/mol. The highest BCUT2D eigenvalue weighted by Gasteiger charge is 2.25. The molecular weight excluding hydrogens is 310 g/mol. The molecule has 0 bridgehead atoms. The Balaban J connectivity index is 1.45. The number of H-pyrrole nitrogens is 1. The molecule has 0 spiro atoms. The fraction of sp³-hybridized carbons (Fsp3) is 0.438. The van der Waals surface area contributed by atoms with Gasteiger partial charge in [0.1, 0.15) is 11.9 Å². The van der Waals surface area contributed by atoms with Crippen LogP contribution in [0.5, 0.6) is 0 Å². The van der Waals surface area contributed by atoms with E-state index in [-0.39, 0.29) is 11.9 Å². The number of aromatic amines is 1. The van der Waals surface area contributed by atoms with Crippen molar-refractivity contribution in [1.29, 1.82) is 0 Å². The Labute approximate surface area is 138 Å². The zero-order valence-corrected chi connectivity index (χ0v) is 13.4. The Morgan fingerprint density at radius 1 is 1.33 bits per heavy atom. The van der Waals surface area contributed by atoms with Gasteiger partial charge in [0.05, 0.1) is 12.1 Å². The van der Waals surface area contributed by atoms with Crippen LogP contribution in [0.3, 0.4) is 0 Å². The topological polar surface area (TPSA) is 89.2 Å². The monoisotopic (exact) mass is 329 g/mol. The van der Waals surface area contributed by atoms with Crippen LogP contribution in [0.1, 0.15) is 17.8 Å². The minimum absolute atomic E-state index is 0.137. The van der Waals surface area contributed by atoms with Gasteiger partial charge in [0.15, 0.2) is 11.4 Å². The molecule has 24 heavy (non-hydrogen) atoms. The van der Waals surface area contributed by atoms with Crippen LogP contribution >= 0.6 is 0 Å². The summed E-state index contributed by atoms with van der Waals surface area (Å²) in [5, 5.41) is 7.03. The summed E-state index contributed by atoms with van der Waals surface area (Å²) in [6.45, 7) is 5.35. The largest absolute Gasteiger partial charge is 0.419 e. The van der Waals surface area contributed by atoms with E-state index in [4.69, 9.17) is 9.15 Å². The molecule has 3 heterocycles. The van der Waals surface area contributed by atoms with Crippen LogP contribution in [-0.2, 0) is 11.3 Å². The van der Waals surface area contributed by atoms with Crippen molar-refractivity contribution in [1.82, 2.24) is 24.6 Å². The van der Waals surface area contributed by atoms with E-state index in [1.807, 2.05) is 31.2 Å². The number of aromatic nitrogens is 4. The van der Waals surface area contributed by atoms with Crippen molar-refractivity contribution < 1.29 is 9.15 Å². The second-order valence-corrected chi connectivity index (χ2v) is 5.93. The third kappa shape index (κ3) is 2.85. The van der Waals surface area contributed by atoms with Gasteiger partial charge >= 0.3 is 5.76 Å². The maximum atomic E-state index is 12.0. The number of morpholine rings is 1. The molecule has 1 atom stereocenters. The number of rotatable bonds is 4. The number of ether oxygens (including phenoxy) is 1. The first-order valence-corrected chi connectivity index (χ1v) is 8.02. The second-order valence-electron chi connectivity index (χ2n) is 5.93. The molecule has 1 aromatic carbocycles. The van der Waals surface area contributed by atoms with E-state index < -0.39 is 0 Å². The molecule has 0 unspecified atom stereocenters. The lowest BCUT2D eigenvalue weighted by atomic mass is 10.2. The summed E-state index contributed by atoms with van der Waals surface area (Å²) in [6, 6.07) is 7.48. The van der Waals surface area contributed by atoms with Crippen LogP contribution in [-0.4, -0.2) is 50.9 Å². The van der Waals surface area contributed by atoms with Crippen molar-refractivity contribution >= 4 is 11.1 Å². The molecule has 4 rings (SSSR count). The van der Waals surface area contributed by atoms with Gasteiger partial charge in [-0.2, -0.15) is 5.10 Å². The fourth-order valence-corrected chi connectivity index (χ4v) is 3.03. The summed E-state index contributed by atoms with van der Waals surface area (Å²) in [7, 11) is 0. The Hall–Kier alpha value is -2.45. The van der Waals surface area contributed by atoms with Crippen LogP contribution in [0, 0.1) is 6.92 Å². The van der Waals surface area contributed by atoms with Gasteiger partial charge in [-0.3, -0.25) is 14.6 Å². The van der Waals surface area contributed by atoms with Crippen molar-refractivity contribution in [2.75, 3.05) is 26.2 Å². The van der Waals surface area contributed by atoms with E-state index in [1.165, 1.54) is 0 Å². The molecule has 0 aliphatic carbocycles. The fourth-order valence-electron chi connectivity index (χ4n) is 3.03. The molecule has 126 valence electrons. The molecule has 0 saturated carbocycles. The molecule has 3 aromatic rings. The Kier molecular flexibility index (Phi) is 3.91. The van der Waals surface area contributed by atoms with E-state index in [9.17, 15) is 4.79 Å². The summed E-state index contributed by atoms with van der Waals surface area (Å²) in [6.07, 6.45) is -0.137. The SMILES string of the molecule is Cc1nc([C@H]2CN(CCn3c(=O)oc4ccccc43)CCO2)n[nH]1. The predicted octanol–water partition coefficient (Wildman–Crippen LogP) is 1.09. The highest BCUT2D eigenvalue weighted by Crippen LogP contribution is 2.19. The number of hydrogen-bond acceptors (Lipinski definition) is 6. The molecule has 0 amide bonds. The van der Waals surface area contributed by atoms with E-state index in [0.717, 1.165) is 24.4 Å². The van der Waals surface area contributed by atoms with Gasteiger partial charge in [-0.05, 0) is 19.1 Å². The first-order chi connectivity index (χ1) is 11.7. The minimum atomic E-state index is -0.314. The Morgan fingerprint density at radius 3 is 3.04 bits per heavy atom. The van der Waals surface area contributed by atoms with Crippen molar-refractivity contribution in [2.45, 2.75) is 19.6 Å². The number of benzene rings is 1. The van der Waals surface area contributed by atoms with Crippen molar-refractivity contribution in [3.05, 3.63) is 46.5 Å². The van der Waals surface area contributed by atoms with Crippen molar-refractivity contribution in [3.8, 4) is 0 Å². The molecule has 1 aliphatic heterocycles. The van der Waals surface area contributed by atoms with Crippen molar-refractivity contribution in [3.63, 3.8) is 0 Å². The predicted molar refractivity (Wildman–Crippen MR) is 86.7 cm³/mol. The quantitative estimate of drug-likeness (QED) is 0.771. The first-order valence-electron chi connectivity index (χ1n) is 8.02. The van der Waals surface area contributed by atoms with E-state index in [0.29, 0.717) is 31.1 Å². The number of para-hydroxylation sites is 2. The van der Waals surface area contributed by atoms with Gasteiger partial charge in [0.2, 0.25) is 0 Å². The summed E-state index contributed by atoms with van der Waals surface area (Å²) in [4.78, 5) is 18.6. The highest BCUT2D eigenvalue weighted by molar-refractivity contribution is 5.72. The molecule has 8 heteroatoms. The number of fused-ring (bicyclic) bond motifs is 1.